The van der Waals surface area contributed by atoms with Gasteiger partial charge in [0.1, 0.15) is 10.8 Å². The van der Waals surface area contributed by atoms with Crippen LogP contribution < -0.4 is 0 Å². The van der Waals surface area contributed by atoms with Gasteiger partial charge >= 0.3 is 0 Å². The van der Waals surface area contributed by atoms with Crippen LogP contribution in [0.3, 0.4) is 0 Å². The number of nitrogens with zero attached hydrogens (tertiary/aromatic N) is 2. The van der Waals surface area contributed by atoms with E-state index in [1.807, 2.05) is 12.1 Å². The smallest absolute Gasteiger partial charge is 0.123 e. The summed E-state index contributed by atoms with van der Waals surface area (Å²) in [5, 5.41) is 9.78. The maximum atomic E-state index is 13.1. The first-order valence-corrected chi connectivity index (χ1v) is 6.90. The van der Waals surface area contributed by atoms with Crippen LogP contribution in [-0.4, -0.2) is 4.98 Å². The molecule has 1 heterocycles. The lowest BCUT2D eigenvalue weighted by molar-refractivity contribution is 0.626. The standard InChI is InChI=1S/C13H8BrFN2S/c14-12-2-1-5-17-13(12)18-8-10-6-11(15)4-3-9(10)7-16/h1-6H,8H2. The number of benzene rings is 1. The molecule has 0 aliphatic carbocycles. The molecule has 18 heavy (non-hydrogen) atoms. The van der Waals surface area contributed by atoms with Crippen LogP contribution in [0.5, 0.6) is 0 Å². The lowest BCUT2D eigenvalue weighted by Crippen LogP contribution is -1.90. The summed E-state index contributed by atoms with van der Waals surface area (Å²) in [6.45, 7) is 0. The molecule has 0 atom stereocenters. The van der Waals surface area contributed by atoms with Crippen LogP contribution in [0.15, 0.2) is 46.0 Å². The summed E-state index contributed by atoms with van der Waals surface area (Å²) in [6.07, 6.45) is 1.70. The summed E-state index contributed by atoms with van der Waals surface area (Å²) in [6, 6.07) is 9.97. The normalized spacial score (nSPS) is 10.1. The third kappa shape index (κ3) is 3.09. The Morgan fingerprint density at radius 2 is 2.22 bits per heavy atom. The Morgan fingerprint density at radius 3 is 2.94 bits per heavy atom. The van der Waals surface area contributed by atoms with Gasteiger partial charge in [0.2, 0.25) is 0 Å². The molecule has 1 aromatic heterocycles. The van der Waals surface area contributed by atoms with Gasteiger partial charge in [0.25, 0.3) is 0 Å². The van der Waals surface area contributed by atoms with Gasteiger partial charge in [-0.2, -0.15) is 5.26 Å². The fraction of sp³-hybridized carbons (Fsp3) is 0.0769. The average Bonchev–Trinajstić information content (AvgIpc) is 2.38. The molecule has 1 aromatic carbocycles. The molecule has 5 heteroatoms. The SMILES string of the molecule is N#Cc1ccc(F)cc1CSc1ncccc1Br. The van der Waals surface area contributed by atoms with Crippen LogP contribution >= 0.6 is 27.7 Å². The Morgan fingerprint density at radius 1 is 1.39 bits per heavy atom. The number of pyridine rings is 1. The Labute approximate surface area is 117 Å². The molecule has 0 spiro atoms. The fourth-order valence-corrected chi connectivity index (χ4v) is 2.89. The molecule has 0 saturated heterocycles. The van der Waals surface area contributed by atoms with E-state index in [0.717, 1.165) is 9.50 Å². The van der Waals surface area contributed by atoms with Crippen molar-refractivity contribution in [1.82, 2.24) is 4.98 Å². The minimum atomic E-state index is -0.329. The zero-order chi connectivity index (χ0) is 13.0. The maximum Gasteiger partial charge on any atom is 0.123 e. The molecule has 2 aromatic rings. The number of thioether (sulfide) groups is 1. The first kappa shape index (κ1) is 13.1. The number of aromatic nitrogens is 1. The second kappa shape index (κ2) is 5.98. The molecule has 2 nitrogen and oxygen atoms in total. The topological polar surface area (TPSA) is 36.7 Å². The first-order chi connectivity index (χ1) is 8.70. The van der Waals surface area contributed by atoms with Gasteiger partial charge in [-0.05, 0) is 51.8 Å². The molecule has 0 amide bonds. The molecular weight excluding hydrogens is 315 g/mol. The summed E-state index contributed by atoms with van der Waals surface area (Å²) in [7, 11) is 0. The van der Waals surface area contributed by atoms with Gasteiger partial charge in [-0.15, -0.1) is 11.8 Å². The zero-order valence-electron chi connectivity index (χ0n) is 9.23. The first-order valence-electron chi connectivity index (χ1n) is 5.12. The molecule has 0 aliphatic heterocycles. The third-order valence-electron chi connectivity index (χ3n) is 2.28. The molecule has 0 bridgehead atoms. The maximum absolute atomic E-state index is 13.1. The Balaban J connectivity index is 2.18. The highest BCUT2D eigenvalue weighted by molar-refractivity contribution is 9.10. The molecule has 0 unspecified atom stereocenters. The Hall–Kier alpha value is -1.38. The minimum Gasteiger partial charge on any atom is -0.249 e. The number of hydrogen-bond donors (Lipinski definition) is 0. The average molecular weight is 323 g/mol. The van der Waals surface area contributed by atoms with Gasteiger partial charge in [-0.25, -0.2) is 9.37 Å². The number of halogens is 2. The van der Waals surface area contributed by atoms with E-state index in [4.69, 9.17) is 5.26 Å². The number of rotatable bonds is 3. The van der Waals surface area contributed by atoms with E-state index in [-0.39, 0.29) is 5.82 Å². The molecule has 0 radical (unpaired) electrons. The molecule has 0 aliphatic rings. The van der Waals surface area contributed by atoms with Crippen LogP contribution in [0.2, 0.25) is 0 Å². The van der Waals surface area contributed by atoms with Crippen LogP contribution in [0.4, 0.5) is 4.39 Å². The third-order valence-corrected chi connectivity index (χ3v) is 4.23. The summed E-state index contributed by atoms with van der Waals surface area (Å²) in [5.41, 5.74) is 1.18. The predicted molar refractivity (Wildman–Crippen MR) is 72.6 cm³/mol. The van der Waals surface area contributed by atoms with Crippen molar-refractivity contribution in [2.75, 3.05) is 0 Å². The van der Waals surface area contributed by atoms with Gasteiger partial charge in [0.05, 0.1) is 11.6 Å². The van der Waals surface area contributed by atoms with Crippen LogP contribution in [-0.2, 0) is 5.75 Å². The highest BCUT2D eigenvalue weighted by atomic mass is 79.9. The van der Waals surface area contributed by atoms with Crippen molar-refractivity contribution >= 4 is 27.7 Å². The summed E-state index contributed by atoms with van der Waals surface area (Å²) in [5.74, 6) is 0.181. The molecule has 0 N–H and O–H groups in total. The molecule has 2 rings (SSSR count). The molecule has 90 valence electrons. The lowest BCUT2D eigenvalue weighted by atomic mass is 10.1. The van der Waals surface area contributed by atoms with Gasteiger partial charge in [-0.1, -0.05) is 0 Å². The van der Waals surface area contributed by atoms with Gasteiger partial charge in [0.15, 0.2) is 0 Å². The van der Waals surface area contributed by atoms with E-state index in [2.05, 4.69) is 27.0 Å². The second-order valence-electron chi connectivity index (χ2n) is 3.49. The van der Waals surface area contributed by atoms with Crippen molar-refractivity contribution < 1.29 is 4.39 Å². The highest BCUT2D eigenvalue weighted by Gasteiger charge is 2.07. The minimum absolute atomic E-state index is 0.329. The van der Waals surface area contributed by atoms with Crippen molar-refractivity contribution in [3.05, 3.63) is 57.9 Å². The Kier molecular flexibility index (Phi) is 4.34. The quantitative estimate of drug-likeness (QED) is 0.796. The summed E-state index contributed by atoms with van der Waals surface area (Å²) >= 11 is 4.86. The largest absolute Gasteiger partial charge is 0.249 e. The fourth-order valence-electron chi connectivity index (χ4n) is 1.41. The zero-order valence-corrected chi connectivity index (χ0v) is 11.6. The van der Waals surface area contributed by atoms with Crippen molar-refractivity contribution in [2.24, 2.45) is 0 Å². The van der Waals surface area contributed by atoms with E-state index in [1.54, 1.807) is 6.20 Å². The monoisotopic (exact) mass is 322 g/mol. The van der Waals surface area contributed by atoms with Gasteiger partial charge in [0, 0.05) is 16.4 Å². The lowest BCUT2D eigenvalue weighted by Gasteiger charge is -2.05. The van der Waals surface area contributed by atoms with E-state index in [0.29, 0.717) is 16.9 Å². The molecule has 0 fully saturated rings. The predicted octanol–water partition coefficient (Wildman–Crippen LogP) is 4.15. The molecule has 0 saturated carbocycles. The van der Waals surface area contributed by atoms with E-state index < -0.39 is 0 Å². The van der Waals surface area contributed by atoms with E-state index in [1.165, 1.54) is 30.0 Å². The Bertz CT molecular complexity index is 610. The van der Waals surface area contributed by atoms with Gasteiger partial charge in [-0.3, -0.25) is 0 Å². The van der Waals surface area contributed by atoms with Crippen molar-refractivity contribution in [3.8, 4) is 6.07 Å². The van der Waals surface area contributed by atoms with Crippen molar-refractivity contribution in [2.45, 2.75) is 10.8 Å². The highest BCUT2D eigenvalue weighted by Crippen LogP contribution is 2.28. The van der Waals surface area contributed by atoms with Crippen LogP contribution in [0.25, 0.3) is 0 Å². The van der Waals surface area contributed by atoms with E-state index >= 15 is 0 Å². The van der Waals surface area contributed by atoms with Crippen LogP contribution in [0.1, 0.15) is 11.1 Å². The van der Waals surface area contributed by atoms with Crippen LogP contribution in [0, 0.1) is 17.1 Å². The number of nitriles is 1. The summed E-state index contributed by atoms with van der Waals surface area (Å²) in [4.78, 5) is 4.21. The van der Waals surface area contributed by atoms with Crippen molar-refractivity contribution in [1.29, 1.82) is 5.26 Å². The summed E-state index contributed by atoms with van der Waals surface area (Å²) < 4.78 is 14.0. The van der Waals surface area contributed by atoms with E-state index in [9.17, 15) is 4.39 Å². The van der Waals surface area contributed by atoms with Crippen molar-refractivity contribution in [3.63, 3.8) is 0 Å². The molecular formula is C13H8BrFN2S. The van der Waals surface area contributed by atoms with Gasteiger partial charge < -0.3 is 0 Å². The second-order valence-corrected chi connectivity index (χ2v) is 5.31. The number of hydrogen-bond acceptors (Lipinski definition) is 3.